The minimum Gasteiger partial charge on any atom is -0.369 e. The van der Waals surface area contributed by atoms with E-state index in [9.17, 15) is 0 Å². The fraction of sp³-hybridized carbons (Fsp3) is 0.429. The topological polar surface area (TPSA) is 6.48 Å². The van der Waals surface area contributed by atoms with Crippen LogP contribution in [0.5, 0.6) is 0 Å². The van der Waals surface area contributed by atoms with Crippen molar-refractivity contribution >= 4 is 11.8 Å². The van der Waals surface area contributed by atoms with E-state index in [0.29, 0.717) is 12.1 Å². The summed E-state index contributed by atoms with van der Waals surface area (Å²) in [4.78, 5) is 4.98. The van der Waals surface area contributed by atoms with Crippen molar-refractivity contribution in [1.29, 1.82) is 0 Å². The highest BCUT2D eigenvalue weighted by Gasteiger charge is 2.25. The largest absolute Gasteiger partial charge is 0.369 e. The summed E-state index contributed by atoms with van der Waals surface area (Å²) in [5.41, 5.74) is 5.88. The molecule has 4 rings (SSSR count). The third kappa shape index (κ3) is 2.71. The lowest BCUT2D eigenvalue weighted by atomic mass is 9.96. The summed E-state index contributed by atoms with van der Waals surface area (Å²) in [6, 6.07) is 8.12. The number of allylic oxidation sites excluding steroid dienone is 2. The Morgan fingerprint density at radius 1 is 1.13 bits per heavy atom. The van der Waals surface area contributed by atoms with Gasteiger partial charge in [-0.3, -0.25) is 0 Å². The Morgan fingerprint density at radius 2 is 2.04 bits per heavy atom. The average molecular weight is 306 g/mol. The minimum absolute atomic E-state index is 0.475. The van der Waals surface area contributed by atoms with E-state index in [1.54, 1.807) is 5.57 Å². The molecular weight excluding hydrogens is 280 g/mol. The molecule has 1 fully saturated rings. The lowest BCUT2D eigenvalue weighted by Crippen LogP contribution is -2.35. The molecule has 3 aliphatic rings. The summed E-state index contributed by atoms with van der Waals surface area (Å²) in [5.74, 6) is 0. The van der Waals surface area contributed by atoms with E-state index in [-0.39, 0.29) is 0 Å². The zero-order chi connectivity index (χ0) is 15.8. The highest BCUT2D eigenvalue weighted by Crippen LogP contribution is 2.32. The quantitative estimate of drug-likeness (QED) is 0.799. The minimum atomic E-state index is 0.475. The van der Waals surface area contributed by atoms with Crippen LogP contribution < -0.4 is 4.90 Å². The summed E-state index contributed by atoms with van der Waals surface area (Å²) in [7, 11) is 0. The molecule has 3 heterocycles. The summed E-state index contributed by atoms with van der Waals surface area (Å²) in [6.07, 6.45) is 14.9. The fourth-order valence-electron chi connectivity index (χ4n) is 4.13. The Morgan fingerprint density at radius 3 is 2.91 bits per heavy atom. The molecule has 0 N–H and O–H groups in total. The molecule has 0 radical (unpaired) electrons. The van der Waals surface area contributed by atoms with Crippen molar-refractivity contribution in [2.24, 2.45) is 0 Å². The van der Waals surface area contributed by atoms with Crippen LogP contribution in [0.2, 0.25) is 0 Å². The van der Waals surface area contributed by atoms with Gasteiger partial charge in [0.25, 0.3) is 0 Å². The van der Waals surface area contributed by atoms with Crippen LogP contribution in [0.1, 0.15) is 37.8 Å². The number of hydrogen-bond acceptors (Lipinski definition) is 2. The summed E-state index contributed by atoms with van der Waals surface area (Å²) in [5, 5.41) is 0. The Kier molecular flexibility index (Phi) is 3.76. The third-order valence-corrected chi connectivity index (χ3v) is 5.31. The van der Waals surface area contributed by atoms with Crippen LogP contribution in [0.4, 0.5) is 5.69 Å². The Labute approximate surface area is 139 Å². The maximum Gasteiger partial charge on any atom is 0.0688 e. The van der Waals surface area contributed by atoms with Crippen molar-refractivity contribution < 1.29 is 0 Å². The van der Waals surface area contributed by atoms with E-state index in [1.165, 1.54) is 42.6 Å². The van der Waals surface area contributed by atoms with Crippen molar-refractivity contribution in [2.45, 2.75) is 45.2 Å². The average Bonchev–Trinajstić information content (AvgIpc) is 2.97. The van der Waals surface area contributed by atoms with Gasteiger partial charge in [0.1, 0.15) is 0 Å². The number of hydrogen-bond donors (Lipinski definition) is 0. The molecule has 0 spiro atoms. The Hall–Kier alpha value is -1.96. The van der Waals surface area contributed by atoms with Gasteiger partial charge in [0, 0.05) is 24.8 Å². The first-order chi connectivity index (χ1) is 11.2. The van der Waals surface area contributed by atoms with Gasteiger partial charge >= 0.3 is 0 Å². The van der Waals surface area contributed by atoms with Crippen molar-refractivity contribution in [3.05, 3.63) is 59.3 Å². The second-order valence-corrected chi connectivity index (χ2v) is 7.16. The third-order valence-electron chi connectivity index (χ3n) is 5.31. The first-order valence-corrected chi connectivity index (χ1v) is 8.93. The van der Waals surface area contributed by atoms with Gasteiger partial charge in [-0.05, 0) is 74.2 Å². The van der Waals surface area contributed by atoms with Crippen LogP contribution >= 0.6 is 0 Å². The molecular formula is C21H26N2. The van der Waals surface area contributed by atoms with Gasteiger partial charge < -0.3 is 9.80 Å². The van der Waals surface area contributed by atoms with E-state index in [0.717, 1.165) is 6.54 Å². The van der Waals surface area contributed by atoms with Crippen LogP contribution in [0.15, 0.2) is 48.2 Å². The van der Waals surface area contributed by atoms with Gasteiger partial charge in [0.05, 0.1) is 6.04 Å². The van der Waals surface area contributed by atoms with E-state index in [2.05, 4.69) is 72.4 Å². The summed E-state index contributed by atoms with van der Waals surface area (Å²) < 4.78 is 0. The van der Waals surface area contributed by atoms with Gasteiger partial charge in [-0.1, -0.05) is 24.3 Å². The van der Waals surface area contributed by atoms with Crippen LogP contribution in [0, 0.1) is 0 Å². The molecule has 1 aromatic rings. The monoisotopic (exact) mass is 306 g/mol. The molecule has 0 saturated carbocycles. The number of nitrogens with zero attached hydrogens (tertiary/aromatic N) is 2. The lowest BCUT2D eigenvalue weighted by molar-refractivity contribution is 0.413. The van der Waals surface area contributed by atoms with E-state index in [1.807, 2.05) is 0 Å². The normalized spacial score (nSPS) is 24.5. The van der Waals surface area contributed by atoms with Crippen LogP contribution in [-0.2, 0) is 6.42 Å². The van der Waals surface area contributed by atoms with E-state index < -0.39 is 0 Å². The molecule has 3 aliphatic heterocycles. The Balaban J connectivity index is 1.63. The highest BCUT2D eigenvalue weighted by molar-refractivity contribution is 5.64. The molecule has 1 saturated heterocycles. The van der Waals surface area contributed by atoms with Gasteiger partial charge in [-0.15, -0.1) is 0 Å². The van der Waals surface area contributed by atoms with Gasteiger partial charge in [-0.25, -0.2) is 0 Å². The number of rotatable bonds is 2. The maximum atomic E-state index is 2.54. The smallest absolute Gasteiger partial charge is 0.0688 e. The van der Waals surface area contributed by atoms with Crippen molar-refractivity contribution in [3.63, 3.8) is 0 Å². The SMILES string of the molecule is CC(C)N1CCCc2cc(/C=C3\CCN4C=CC=CC34)ccc21. The van der Waals surface area contributed by atoms with Crippen molar-refractivity contribution in [3.8, 4) is 0 Å². The lowest BCUT2D eigenvalue weighted by Gasteiger charge is -2.34. The first kappa shape index (κ1) is 14.6. The molecule has 0 bridgehead atoms. The molecule has 23 heavy (non-hydrogen) atoms. The fourth-order valence-corrected chi connectivity index (χ4v) is 4.13. The zero-order valence-electron chi connectivity index (χ0n) is 14.2. The maximum absolute atomic E-state index is 2.54. The first-order valence-electron chi connectivity index (χ1n) is 8.93. The van der Waals surface area contributed by atoms with Gasteiger partial charge in [0.2, 0.25) is 0 Å². The van der Waals surface area contributed by atoms with Gasteiger partial charge in [0.15, 0.2) is 0 Å². The van der Waals surface area contributed by atoms with Gasteiger partial charge in [-0.2, -0.15) is 0 Å². The van der Waals surface area contributed by atoms with E-state index >= 15 is 0 Å². The summed E-state index contributed by atoms with van der Waals surface area (Å²) >= 11 is 0. The predicted octanol–water partition coefficient (Wildman–Crippen LogP) is 4.39. The molecule has 0 aromatic heterocycles. The van der Waals surface area contributed by atoms with Crippen molar-refractivity contribution in [1.82, 2.24) is 4.90 Å². The molecule has 120 valence electrons. The molecule has 1 atom stereocenters. The van der Waals surface area contributed by atoms with Crippen LogP contribution in [0.3, 0.4) is 0 Å². The number of fused-ring (bicyclic) bond motifs is 2. The predicted molar refractivity (Wildman–Crippen MR) is 98.6 cm³/mol. The number of benzene rings is 1. The van der Waals surface area contributed by atoms with E-state index in [4.69, 9.17) is 0 Å². The standard InChI is InChI=1S/C21H26N2/c1-16(2)23-12-5-6-18-14-17(8-9-21(18)23)15-19-10-13-22-11-4-3-7-20(19)22/h3-4,7-9,11,14-16,20H,5-6,10,12-13H2,1-2H3/b19-15+. The molecule has 1 unspecified atom stereocenters. The second-order valence-electron chi connectivity index (χ2n) is 7.16. The number of aryl methyl sites for hydroxylation is 1. The molecule has 0 aliphatic carbocycles. The summed E-state index contributed by atoms with van der Waals surface area (Å²) in [6.45, 7) is 6.92. The highest BCUT2D eigenvalue weighted by atomic mass is 15.2. The van der Waals surface area contributed by atoms with Crippen LogP contribution in [0.25, 0.3) is 6.08 Å². The van der Waals surface area contributed by atoms with Crippen molar-refractivity contribution in [2.75, 3.05) is 18.0 Å². The van der Waals surface area contributed by atoms with Crippen LogP contribution in [-0.4, -0.2) is 30.1 Å². The Bertz CT molecular complexity index is 681. The molecule has 2 nitrogen and oxygen atoms in total. The molecule has 1 aromatic carbocycles. The zero-order valence-corrected chi connectivity index (χ0v) is 14.2. The molecule has 2 heteroatoms. The number of anilines is 1. The molecule has 0 amide bonds. The second kappa shape index (κ2) is 5.92.